The first-order chi connectivity index (χ1) is 10.7. The summed E-state index contributed by atoms with van der Waals surface area (Å²) in [5.41, 5.74) is 2.00. The molecule has 110 valence electrons. The summed E-state index contributed by atoms with van der Waals surface area (Å²) in [7, 11) is 1.53. The molecular weight excluding hydrogens is 304 g/mol. The highest BCUT2D eigenvalue weighted by Gasteiger charge is 2.10. The summed E-state index contributed by atoms with van der Waals surface area (Å²) >= 11 is 6.03. The summed E-state index contributed by atoms with van der Waals surface area (Å²) < 4.78 is 5.07. The highest BCUT2D eigenvalue weighted by Crippen LogP contribution is 2.27. The van der Waals surface area contributed by atoms with Crippen LogP contribution in [0, 0.1) is 0 Å². The van der Waals surface area contributed by atoms with Crippen molar-refractivity contribution in [3.8, 4) is 5.75 Å². The van der Waals surface area contributed by atoms with E-state index in [9.17, 15) is 4.79 Å². The predicted octanol–water partition coefficient (Wildman–Crippen LogP) is 2.94. The molecule has 0 aliphatic carbocycles. The van der Waals surface area contributed by atoms with E-state index in [2.05, 4.69) is 20.3 Å². The standard InChI is InChI=1S/C15H11ClN4O2/c1-22-13-3-2-10(7-11(13)16)20-15(21)9-6-12-14(19-8-9)18-5-4-17-12/h2-8H,1H3,(H,20,21). The third-order valence-corrected chi connectivity index (χ3v) is 3.29. The summed E-state index contributed by atoms with van der Waals surface area (Å²) in [5, 5.41) is 3.17. The van der Waals surface area contributed by atoms with Crippen LogP contribution in [0.1, 0.15) is 10.4 Å². The van der Waals surface area contributed by atoms with Gasteiger partial charge in [0, 0.05) is 24.3 Å². The molecule has 0 saturated heterocycles. The lowest BCUT2D eigenvalue weighted by atomic mass is 10.2. The minimum Gasteiger partial charge on any atom is -0.495 e. The number of halogens is 1. The van der Waals surface area contributed by atoms with Gasteiger partial charge < -0.3 is 10.1 Å². The van der Waals surface area contributed by atoms with Crippen LogP contribution in [0.15, 0.2) is 42.9 Å². The molecule has 7 heteroatoms. The van der Waals surface area contributed by atoms with Gasteiger partial charge >= 0.3 is 0 Å². The van der Waals surface area contributed by atoms with E-state index in [0.29, 0.717) is 33.2 Å². The van der Waals surface area contributed by atoms with Crippen LogP contribution in [-0.4, -0.2) is 28.0 Å². The van der Waals surface area contributed by atoms with Crippen molar-refractivity contribution in [3.05, 3.63) is 53.4 Å². The largest absolute Gasteiger partial charge is 0.495 e. The van der Waals surface area contributed by atoms with E-state index in [1.54, 1.807) is 36.7 Å². The number of pyridine rings is 1. The first kappa shape index (κ1) is 14.2. The molecule has 2 heterocycles. The third kappa shape index (κ3) is 2.82. The number of carbonyl (C=O) groups is 1. The number of nitrogens with one attached hydrogen (secondary N) is 1. The van der Waals surface area contributed by atoms with Crippen LogP contribution in [0.5, 0.6) is 5.75 Å². The average Bonchev–Trinajstić information content (AvgIpc) is 2.54. The van der Waals surface area contributed by atoms with Gasteiger partial charge in [0.15, 0.2) is 5.65 Å². The molecule has 0 fully saturated rings. The number of methoxy groups -OCH3 is 1. The van der Waals surface area contributed by atoms with E-state index in [4.69, 9.17) is 16.3 Å². The number of anilines is 1. The lowest BCUT2D eigenvalue weighted by Gasteiger charge is -2.08. The smallest absolute Gasteiger partial charge is 0.257 e. The van der Waals surface area contributed by atoms with Gasteiger partial charge in [-0.05, 0) is 24.3 Å². The Labute approximate surface area is 131 Å². The van der Waals surface area contributed by atoms with E-state index >= 15 is 0 Å². The molecule has 1 N–H and O–H groups in total. The molecule has 1 amide bonds. The normalized spacial score (nSPS) is 10.5. The third-order valence-electron chi connectivity index (χ3n) is 3.00. The van der Waals surface area contributed by atoms with Crippen LogP contribution < -0.4 is 10.1 Å². The topological polar surface area (TPSA) is 77.0 Å². The Morgan fingerprint density at radius 2 is 2.00 bits per heavy atom. The van der Waals surface area contributed by atoms with Crippen LogP contribution in [-0.2, 0) is 0 Å². The highest BCUT2D eigenvalue weighted by molar-refractivity contribution is 6.32. The predicted molar refractivity (Wildman–Crippen MR) is 83.3 cm³/mol. The second kappa shape index (κ2) is 5.95. The molecule has 1 aromatic carbocycles. The Kier molecular flexibility index (Phi) is 3.84. The molecule has 6 nitrogen and oxygen atoms in total. The molecule has 0 aliphatic rings. The van der Waals surface area contributed by atoms with Crippen LogP contribution in [0.2, 0.25) is 5.02 Å². The zero-order valence-corrected chi connectivity index (χ0v) is 12.3. The lowest BCUT2D eigenvalue weighted by Crippen LogP contribution is -2.12. The number of nitrogens with zero attached hydrogens (tertiary/aromatic N) is 3. The van der Waals surface area contributed by atoms with Crippen molar-refractivity contribution in [2.45, 2.75) is 0 Å². The molecule has 0 radical (unpaired) electrons. The number of ether oxygens (including phenoxy) is 1. The van der Waals surface area contributed by atoms with Crippen molar-refractivity contribution in [1.82, 2.24) is 15.0 Å². The van der Waals surface area contributed by atoms with Gasteiger partial charge in [-0.1, -0.05) is 11.6 Å². The van der Waals surface area contributed by atoms with E-state index in [0.717, 1.165) is 0 Å². The molecule has 3 rings (SSSR count). The van der Waals surface area contributed by atoms with Crippen LogP contribution in [0.3, 0.4) is 0 Å². The molecule has 3 aromatic rings. The fourth-order valence-corrected chi connectivity index (χ4v) is 2.19. The van der Waals surface area contributed by atoms with Gasteiger partial charge in [0.2, 0.25) is 0 Å². The fraction of sp³-hybridized carbons (Fsp3) is 0.0667. The van der Waals surface area contributed by atoms with Crippen molar-refractivity contribution in [2.24, 2.45) is 0 Å². The average molecular weight is 315 g/mol. The quantitative estimate of drug-likeness (QED) is 0.804. The van der Waals surface area contributed by atoms with Crippen LogP contribution in [0.25, 0.3) is 11.2 Å². The van der Waals surface area contributed by atoms with Gasteiger partial charge in [-0.25, -0.2) is 9.97 Å². The van der Waals surface area contributed by atoms with Gasteiger partial charge in [0.1, 0.15) is 11.3 Å². The van der Waals surface area contributed by atoms with E-state index in [1.807, 2.05) is 0 Å². The van der Waals surface area contributed by atoms with Crippen molar-refractivity contribution in [1.29, 1.82) is 0 Å². The van der Waals surface area contributed by atoms with E-state index < -0.39 is 0 Å². The number of fused-ring (bicyclic) bond motifs is 1. The van der Waals surface area contributed by atoms with Crippen LogP contribution in [0.4, 0.5) is 5.69 Å². The van der Waals surface area contributed by atoms with Gasteiger partial charge in [-0.15, -0.1) is 0 Å². The summed E-state index contributed by atoms with van der Waals surface area (Å²) in [6.45, 7) is 0. The molecule has 0 aliphatic heterocycles. The molecule has 2 aromatic heterocycles. The van der Waals surface area contributed by atoms with Crippen molar-refractivity contribution in [2.75, 3.05) is 12.4 Å². The Bertz CT molecular complexity index is 854. The van der Waals surface area contributed by atoms with Crippen molar-refractivity contribution in [3.63, 3.8) is 0 Å². The van der Waals surface area contributed by atoms with Gasteiger partial charge in [-0.3, -0.25) is 9.78 Å². The van der Waals surface area contributed by atoms with Crippen molar-refractivity contribution < 1.29 is 9.53 Å². The number of hydrogen-bond acceptors (Lipinski definition) is 5. The number of benzene rings is 1. The fourth-order valence-electron chi connectivity index (χ4n) is 1.93. The summed E-state index contributed by atoms with van der Waals surface area (Å²) in [4.78, 5) is 24.5. The van der Waals surface area contributed by atoms with E-state index in [1.165, 1.54) is 13.3 Å². The summed E-state index contributed by atoms with van der Waals surface area (Å²) in [6, 6.07) is 6.64. The zero-order chi connectivity index (χ0) is 15.5. The number of aromatic nitrogens is 3. The summed E-state index contributed by atoms with van der Waals surface area (Å²) in [6.07, 6.45) is 4.56. The second-order valence-corrected chi connectivity index (χ2v) is 4.83. The van der Waals surface area contributed by atoms with Gasteiger partial charge in [0.25, 0.3) is 5.91 Å². The number of carbonyl (C=O) groups excluding carboxylic acids is 1. The van der Waals surface area contributed by atoms with Crippen molar-refractivity contribution >= 4 is 34.4 Å². The number of rotatable bonds is 3. The Balaban J connectivity index is 1.85. The Morgan fingerprint density at radius 1 is 1.18 bits per heavy atom. The van der Waals surface area contributed by atoms with Gasteiger partial charge in [-0.2, -0.15) is 0 Å². The molecule has 0 saturated carbocycles. The Morgan fingerprint density at radius 3 is 2.77 bits per heavy atom. The summed E-state index contributed by atoms with van der Waals surface area (Å²) in [5.74, 6) is 0.239. The first-order valence-electron chi connectivity index (χ1n) is 6.39. The molecule has 22 heavy (non-hydrogen) atoms. The lowest BCUT2D eigenvalue weighted by molar-refractivity contribution is 0.102. The van der Waals surface area contributed by atoms with E-state index in [-0.39, 0.29) is 5.91 Å². The monoisotopic (exact) mass is 314 g/mol. The SMILES string of the molecule is COc1ccc(NC(=O)c2cnc3nccnc3c2)cc1Cl. The zero-order valence-electron chi connectivity index (χ0n) is 11.6. The minimum atomic E-state index is -0.304. The van der Waals surface area contributed by atoms with Crippen LogP contribution >= 0.6 is 11.6 Å². The second-order valence-electron chi connectivity index (χ2n) is 4.43. The molecular formula is C15H11ClN4O2. The molecule has 0 spiro atoms. The highest BCUT2D eigenvalue weighted by atomic mass is 35.5. The maximum absolute atomic E-state index is 12.2. The first-order valence-corrected chi connectivity index (χ1v) is 6.77. The Hall–Kier alpha value is -2.73. The molecule has 0 unspecified atom stereocenters. The maximum atomic E-state index is 12.2. The van der Waals surface area contributed by atoms with Gasteiger partial charge in [0.05, 0.1) is 17.7 Å². The number of hydrogen-bond donors (Lipinski definition) is 1. The molecule has 0 bridgehead atoms. The number of amides is 1. The maximum Gasteiger partial charge on any atom is 0.257 e. The molecule has 0 atom stereocenters. The minimum absolute atomic E-state index is 0.304.